The number of nitro benzene ring substituents is 2. The molecule has 2 aromatic carbocycles. The lowest BCUT2D eigenvalue weighted by Gasteiger charge is -2.08. The van der Waals surface area contributed by atoms with E-state index >= 15 is 0 Å². The molecule has 0 atom stereocenters. The van der Waals surface area contributed by atoms with Crippen molar-refractivity contribution in [2.45, 2.75) is 13.3 Å². The molecular weight excluding hydrogens is 358 g/mol. The standard InChI is InChI=1S/C17H15N3O7/c1-2-8-27-17(22)11-4-3-5-12(9-11)18-16(21)14-7-6-13(19(23)24)10-15(14)20(25)26/h3-7,9-10H,2,8H2,1H3,(H,18,21). The molecule has 0 saturated carbocycles. The first-order chi connectivity index (χ1) is 12.8. The Morgan fingerprint density at radius 2 is 1.81 bits per heavy atom. The lowest BCUT2D eigenvalue weighted by atomic mass is 10.1. The number of nitro groups is 2. The topological polar surface area (TPSA) is 142 Å². The van der Waals surface area contributed by atoms with Crippen LogP contribution in [-0.2, 0) is 4.74 Å². The van der Waals surface area contributed by atoms with Gasteiger partial charge < -0.3 is 10.1 Å². The first-order valence-corrected chi connectivity index (χ1v) is 7.85. The predicted octanol–water partition coefficient (Wildman–Crippen LogP) is 3.32. The molecule has 2 rings (SSSR count). The van der Waals surface area contributed by atoms with Crippen LogP contribution in [0, 0.1) is 20.2 Å². The first-order valence-electron chi connectivity index (χ1n) is 7.85. The highest BCUT2D eigenvalue weighted by atomic mass is 16.6. The van der Waals surface area contributed by atoms with Gasteiger partial charge in [-0.05, 0) is 30.7 Å². The van der Waals surface area contributed by atoms with Gasteiger partial charge in [0.05, 0.1) is 28.1 Å². The minimum Gasteiger partial charge on any atom is -0.462 e. The Morgan fingerprint density at radius 3 is 2.44 bits per heavy atom. The van der Waals surface area contributed by atoms with E-state index in [9.17, 15) is 29.8 Å². The molecule has 0 unspecified atom stereocenters. The molecule has 27 heavy (non-hydrogen) atoms. The molecule has 0 fully saturated rings. The molecule has 1 amide bonds. The van der Waals surface area contributed by atoms with Crippen molar-refractivity contribution in [2.24, 2.45) is 0 Å². The molecule has 10 nitrogen and oxygen atoms in total. The number of hydrogen-bond donors (Lipinski definition) is 1. The van der Waals surface area contributed by atoms with Crippen molar-refractivity contribution in [3.05, 3.63) is 73.8 Å². The number of anilines is 1. The Kier molecular flexibility index (Phi) is 6.15. The third kappa shape index (κ3) is 4.84. The van der Waals surface area contributed by atoms with Crippen LogP contribution < -0.4 is 5.32 Å². The predicted molar refractivity (Wildman–Crippen MR) is 94.7 cm³/mol. The van der Waals surface area contributed by atoms with Crippen LogP contribution in [0.15, 0.2) is 42.5 Å². The summed E-state index contributed by atoms with van der Waals surface area (Å²) in [6.07, 6.45) is 0.659. The third-order valence-electron chi connectivity index (χ3n) is 3.43. The molecule has 10 heteroatoms. The Bertz CT molecular complexity index is 911. The number of nitrogens with one attached hydrogen (secondary N) is 1. The van der Waals surface area contributed by atoms with Gasteiger partial charge >= 0.3 is 5.97 Å². The van der Waals surface area contributed by atoms with Crippen LogP contribution in [0.3, 0.4) is 0 Å². The summed E-state index contributed by atoms with van der Waals surface area (Å²) in [5.74, 6) is -1.40. The van der Waals surface area contributed by atoms with Crippen LogP contribution in [0.25, 0.3) is 0 Å². The molecule has 0 spiro atoms. The molecule has 0 heterocycles. The Labute approximate surface area is 153 Å². The van der Waals surface area contributed by atoms with E-state index in [1.807, 2.05) is 6.92 Å². The molecule has 0 aliphatic carbocycles. The van der Waals surface area contributed by atoms with Crippen LogP contribution in [0.5, 0.6) is 0 Å². The number of carbonyl (C=O) groups excluding carboxylic acids is 2. The van der Waals surface area contributed by atoms with Crippen molar-refractivity contribution in [3.8, 4) is 0 Å². The second-order valence-corrected chi connectivity index (χ2v) is 5.39. The summed E-state index contributed by atoms with van der Waals surface area (Å²) in [6.45, 7) is 2.10. The zero-order valence-corrected chi connectivity index (χ0v) is 14.2. The largest absolute Gasteiger partial charge is 0.462 e. The van der Waals surface area contributed by atoms with Gasteiger partial charge in [0, 0.05) is 11.8 Å². The van der Waals surface area contributed by atoms with Crippen molar-refractivity contribution in [2.75, 3.05) is 11.9 Å². The molecule has 140 valence electrons. The smallest absolute Gasteiger partial charge is 0.338 e. The third-order valence-corrected chi connectivity index (χ3v) is 3.43. The van der Waals surface area contributed by atoms with E-state index in [2.05, 4.69) is 5.32 Å². The van der Waals surface area contributed by atoms with E-state index in [0.29, 0.717) is 12.5 Å². The second-order valence-electron chi connectivity index (χ2n) is 5.39. The van der Waals surface area contributed by atoms with Crippen molar-refractivity contribution >= 4 is 28.9 Å². The highest BCUT2D eigenvalue weighted by Crippen LogP contribution is 2.25. The molecule has 0 radical (unpaired) electrons. The SMILES string of the molecule is CCCOC(=O)c1cccc(NC(=O)c2ccc([N+](=O)[O-])cc2[N+](=O)[O-])c1. The summed E-state index contributed by atoms with van der Waals surface area (Å²) in [5, 5.41) is 24.3. The Morgan fingerprint density at radius 1 is 1.07 bits per heavy atom. The highest BCUT2D eigenvalue weighted by molar-refractivity contribution is 6.07. The maximum absolute atomic E-state index is 12.4. The van der Waals surface area contributed by atoms with Gasteiger partial charge in [-0.25, -0.2) is 4.79 Å². The van der Waals surface area contributed by atoms with Gasteiger partial charge in [-0.15, -0.1) is 0 Å². The van der Waals surface area contributed by atoms with Crippen molar-refractivity contribution < 1.29 is 24.2 Å². The monoisotopic (exact) mass is 373 g/mol. The zero-order valence-electron chi connectivity index (χ0n) is 14.2. The number of ether oxygens (including phenoxy) is 1. The maximum Gasteiger partial charge on any atom is 0.338 e. The average Bonchev–Trinajstić information content (AvgIpc) is 2.65. The number of hydrogen-bond acceptors (Lipinski definition) is 7. The number of non-ortho nitro benzene ring substituents is 1. The number of benzene rings is 2. The van der Waals surface area contributed by atoms with Crippen LogP contribution in [0.1, 0.15) is 34.1 Å². The Hall–Kier alpha value is -3.82. The number of amides is 1. The molecule has 1 N–H and O–H groups in total. The van der Waals surface area contributed by atoms with Gasteiger partial charge in [0.2, 0.25) is 0 Å². The van der Waals surface area contributed by atoms with Crippen molar-refractivity contribution in [1.82, 2.24) is 0 Å². The van der Waals surface area contributed by atoms with E-state index in [1.54, 1.807) is 0 Å². The fourth-order valence-corrected chi connectivity index (χ4v) is 2.18. The van der Waals surface area contributed by atoms with Gasteiger partial charge in [0.15, 0.2) is 0 Å². The minimum absolute atomic E-state index is 0.208. The van der Waals surface area contributed by atoms with Gasteiger partial charge in [-0.1, -0.05) is 13.0 Å². The molecule has 0 saturated heterocycles. The normalized spacial score (nSPS) is 10.1. The lowest BCUT2D eigenvalue weighted by molar-refractivity contribution is -0.394. The Balaban J connectivity index is 2.26. The van der Waals surface area contributed by atoms with Crippen LogP contribution in [0.2, 0.25) is 0 Å². The molecule has 0 aliphatic rings. The van der Waals surface area contributed by atoms with E-state index in [4.69, 9.17) is 4.74 Å². The quantitative estimate of drug-likeness (QED) is 0.445. The van der Waals surface area contributed by atoms with Gasteiger partial charge in [0.1, 0.15) is 5.56 Å². The fourth-order valence-electron chi connectivity index (χ4n) is 2.18. The maximum atomic E-state index is 12.4. The minimum atomic E-state index is -0.875. The van der Waals surface area contributed by atoms with Crippen LogP contribution in [0.4, 0.5) is 17.1 Å². The molecule has 0 aliphatic heterocycles. The molecular formula is C17H15N3O7. The first kappa shape index (κ1) is 19.5. The number of nitrogens with zero attached hydrogens (tertiary/aromatic N) is 2. The van der Waals surface area contributed by atoms with E-state index < -0.39 is 33.1 Å². The van der Waals surface area contributed by atoms with E-state index in [1.165, 1.54) is 24.3 Å². The van der Waals surface area contributed by atoms with Crippen LogP contribution in [-0.4, -0.2) is 28.3 Å². The molecule has 0 aromatic heterocycles. The van der Waals surface area contributed by atoms with E-state index in [-0.39, 0.29) is 23.4 Å². The number of esters is 1. The summed E-state index contributed by atoms with van der Waals surface area (Å²) in [5.41, 5.74) is -1.11. The highest BCUT2D eigenvalue weighted by Gasteiger charge is 2.24. The lowest BCUT2D eigenvalue weighted by Crippen LogP contribution is -2.15. The van der Waals surface area contributed by atoms with E-state index in [0.717, 1.165) is 12.1 Å². The summed E-state index contributed by atoms with van der Waals surface area (Å²) in [6, 6.07) is 8.60. The van der Waals surface area contributed by atoms with Crippen molar-refractivity contribution in [1.29, 1.82) is 0 Å². The fraction of sp³-hybridized carbons (Fsp3) is 0.176. The summed E-state index contributed by atoms with van der Waals surface area (Å²) in [4.78, 5) is 44.5. The molecule has 0 bridgehead atoms. The number of carbonyl (C=O) groups is 2. The molecule has 2 aromatic rings. The summed E-state index contributed by atoms with van der Waals surface area (Å²) < 4.78 is 5.00. The van der Waals surface area contributed by atoms with Gasteiger partial charge in [-0.2, -0.15) is 0 Å². The zero-order chi connectivity index (χ0) is 20.0. The van der Waals surface area contributed by atoms with Crippen molar-refractivity contribution in [3.63, 3.8) is 0 Å². The average molecular weight is 373 g/mol. The van der Waals surface area contributed by atoms with Gasteiger partial charge in [0.25, 0.3) is 17.3 Å². The second kappa shape index (κ2) is 8.52. The number of rotatable bonds is 7. The summed E-state index contributed by atoms with van der Waals surface area (Å²) >= 11 is 0. The summed E-state index contributed by atoms with van der Waals surface area (Å²) in [7, 11) is 0. The van der Waals surface area contributed by atoms with Gasteiger partial charge in [-0.3, -0.25) is 25.0 Å². The van der Waals surface area contributed by atoms with Crippen LogP contribution >= 0.6 is 0 Å².